The number of carboxylic acids is 1. The first kappa shape index (κ1) is 56.6. The molecule has 5 aromatic heterocycles. The van der Waals surface area contributed by atoms with E-state index in [1.54, 1.807) is 56.9 Å². The van der Waals surface area contributed by atoms with Gasteiger partial charge in [0.2, 0.25) is 5.75 Å². The summed E-state index contributed by atoms with van der Waals surface area (Å²) in [5, 5.41) is 19.9. The summed E-state index contributed by atoms with van der Waals surface area (Å²) in [6.07, 6.45) is 16.1. The van der Waals surface area contributed by atoms with Crippen LogP contribution in [0.25, 0.3) is 61.5 Å². The second kappa shape index (κ2) is 26.3. The summed E-state index contributed by atoms with van der Waals surface area (Å²) in [5.41, 5.74) is 17.5. The maximum atomic E-state index is 11.6. The quantitative estimate of drug-likeness (QED) is 0.0635. The third-order valence-electron chi connectivity index (χ3n) is 14.7. The maximum absolute atomic E-state index is 11.6. The number of carboxylic acid groups (broad SMARTS) is 1. The Morgan fingerprint density at radius 1 is 0.420 bits per heavy atom. The molecule has 0 radical (unpaired) electrons. The fraction of sp³-hybridized carbons (Fsp3) is 0.0857. The molecule has 0 aliphatic heterocycles. The number of imidazole rings is 5. The van der Waals surface area contributed by atoms with E-state index in [2.05, 4.69) is 133 Å². The lowest BCUT2D eigenvalue weighted by molar-refractivity contribution is 0.0696. The highest BCUT2D eigenvalue weighted by Gasteiger charge is 2.16. The van der Waals surface area contributed by atoms with Crippen molar-refractivity contribution in [1.82, 2.24) is 47.8 Å². The minimum Gasteiger partial charge on any atom is -0.493 e. The number of fused-ring (bicyclic) bond motifs is 3. The number of aromatic carboxylic acids is 1. The number of carbonyl (C=O) groups is 1. The highest BCUT2D eigenvalue weighted by atomic mass is 16.5. The van der Waals surface area contributed by atoms with Gasteiger partial charge in [-0.25, -0.2) is 29.7 Å². The summed E-state index contributed by atoms with van der Waals surface area (Å²) in [6.45, 7) is 1.91. The number of methoxy groups -OCH3 is 3. The molecule has 436 valence electrons. The van der Waals surface area contributed by atoms with E-state index < -0.39 is 5.97 Å². The summed E-state index contributed by atoms with van der Waals surface area (Å²) < 4.78 is 26.2. The zero-order chi connectivity index (χ0) is 60.2. The molecule has 4 N–H and O–H groups in total. The van der Waals surface area contributed by atoms with Crippen LogP contribution in [-0.2, 0) is 19.6 Å². The Bertz CT molecular complexity index is 4640. The molecular formula is C70H61N13O5. The molecule has 0 unspecified atom stereocenters. The molecule has 0 atom stereocenters. The summed E-state index contributed by atoms with van der Waals surface area (Å²) >= 11 is 0. The predicted molar refractivity (Wildman–Crippen MR) is 345 cm³/mol. The van der Waals surface area contributed by atoms with Gasteiger partial charge >= 0.3 is 5.97 Å². The third kappa shape index (κ3) is 12.8. The topological polar surface area (TPSA) is 190 Å². The van der Waals surface area contributed by atoms with Gasteiger partial charge in [-0.3, -0.25) is 13.7 Å². The van der Waals surface area contributed by atoms with Gasteiger partial charge in [0.25, 0.3) is 0 Å². The largest absolute Gasteiger partial charge is 0.493 e. The molecule has 0 saturated carbocycles. The van der Waals surface area contributed by atoms with E-state index >= 15 is 0 Å². The minimum absolute atomic E-state index is 0.232. The van der Waals surface area contributed by atoms with Crippen molar-refractivity contribution in [3.05, 3.63) is 279 Å². The number of rotatable bonds is 18. The van der Waals surface area contributed by atoms with Crippen LogP contribution in [0.4, 0.5) is 17.1 Å². The van der Waals surface area contributed by atoms with Crippen LogP contribution >= 0.6 is 0 Å². The Labute approximate surface area is 507 Å². The second-order valence-electron chi connectivity index (χ2n) is 20.3. The van der Waals surface area contributed by atoms with Crippen molar-refractivity contribution in [1.29, 1.82) is 0 Å². The number of hydrogen-bond acceptors (Lipinski definition) is 12. The molecule has 0 amide bonds. The lowest BCUT2D eigenvalue weighted by Crippen LogP contribution is -2.07. The van der Waals surface area contributed by atoms with Gasteiger partial charge in [-0.1, -0.05) is 72.8 Å². The Kier molecular flexibility index (Phi) is 16.9. The van der Waals surface area contributed by atoms with Gasteiger partial charge in [-0.2, -0.15) is 0 Å². The Morgan fingerprint density at radius 3 is 1.30 bits per heavy atom. The molecule has 0 fully saturated rings. The van der Waals surface area contributed by atoms with Crippen molar-refractivity contribution >= 4 is 56.1 Å². The molecule has 18 heteroatoms. The van der Waals surface area contributed by atoms with E-state index in [1.807, 2.05) is 151 Å². The number of ether oxygens (including phenoxy) is 3. The first-order valence-corrected chi connectivity index (χ1v) is 28.3. The molecule has 9 aromatic carbocycles. The van der Waals surface area contributed by atoms with Gasteiger partial charge in [-0.15, -0.1) is 0 Å². The number of aromatic nitrogens is 10. The Balaban J connectivity index is 0.000000129. The van der Waals surface area contributed by atoms with Crippen LogP contribution < -0.4 is 30.2 Å². The SMILES string of the molecule is COc1cc(CNc2cccc(-n3cnc4ccccc43)c2)cc(OC)c1OC.O=C(O)c1ccc(CNc2cccc(-n3cnc4ccccc43)c2)cc1-n1ccnc1.c1cc(CNc2cccc(-n3cnc4ccccc43)c2)cc(-n2ccnc2)c1. The molecule has 5 heterocycles. The maximum Gasteiger partial charge on any atom is 0.337 e. The second-order valence-corrected chi connectivity index (χ2v) is 20.3. The van der Waals surface area contributed by atoms with Gasteiger partial charge in [0.1, 0.15) is 19.0 Å². The van der Waals surface area contributed by atoms with Gasteiger partial charge in [0.05, 0.1) is 78.3 Å². The van der Waals surface area contributed by atoms with Crippen LogP contribution in [0, 0.1) is 0 Å². The number of benzene rings is 9. The number of para-hydroxylation sites is 6. The smallest absolute Gasteiger partial charge is 0.337 e. The summed E-state index contributed by atoms with van der Waals surface area (Å²) in [4.78, 5) is 33.2. The van der Waals surface area contributed by atoms with E-state index in [0.717, 1.165) is 90.6 Å². The lowest BCUT2D eigenvalue weighted by Gasteiger charge is -2.15. The van der Waals surface area contributed by atoms with Crippen LogP contribution in [0.5, 0.6) is 17.2 Å². The van der Waals surface area contributed by atoms with Crippen molar-refractivity contribution in [3.8, 4) is 45.7 Å². The van der Waals surface area contributed by atoms with Gasteiger partial charge in [-0.05, 0) is 144 Å². The average Bonchev–Trinajstić information content (AvgIpc) is 4.64. The Hall–Kier alpha value is -11.9. The average molecular weight is 1160 g/mol. The van der Waals surface area contributed by atoms with Crippen LogP contribution in [0.15, 0.2) is 257 Å². The molecule has 0 spiro atoms. The van der Waals surface area contributed by atoms with E-state index in [-0.39, 0.29) is 5.56 Å². The molecule has 14 aromatic rings. The van der Waals surface area contributed by atoms with Crippen molar-refractivity contribution in [2.24, 2.45) is 0 Å². The number of hydrogen-bond donors (Lipinski definition) is 4. The van der Waals surface area contributed by atoms with Crippen molar-refractivity contribution in [3.63, 3.8) is 0 Å². The zero-order valence-corrected chi connectivity index (χ0v) is 48.4. The van der Waals surface area contributed by atoms with Gasteiger partial charge in [0.15, 0.2) is 11.5 Å². The van der Waals surface area contributed by atoms with Gasteiger partial charge < -0.3 is 44.4 Å². The minimum atomic E-state index is -0.969. The third-order valence-corrected chi connectivity index (χ3v) is 14.7. The summed E-state index contributed by atoms with van der Waals surface area (Å²) in [5.74, 6) is 0.903. The normalized spacial score (nSPS) is 10.9. The molecule has 18 nitrogen and oxygen atoms in total. The molecule has 0 saturated heterocycles. The van der Waals surface area contributed by atoms with E-state index in [4.69, 9.17) is 14.2 Å². The molecule has 0 aliphatic rings. The van der Waals surface area contributed by atoms with Crippen molar-refractivity contribution < 1.29 is 24.1 Å². The molecule has 0 aliphatic carbocycles. The first-order valence-electron chi connectivity index (χ1n) is 28.3. The summed E-state index contributed by atoms with van der Waals surface area (Å²) in [6, 6.07) is 66.7. The molecule has 14 rings (SSSR count). The Morgan fingerprint density at radius 2 is 0.852 bits per heavy atom. The van der Waals surface area contributed by atoms with Crippen LogP contribution in [-0.4, -0.2) is 80.2 Å². The fourth-order valence-corrected chi connectivity index (χ4v) is 10.4. The fourth-order valence-electron chi connectivity index (χ4n) is 10.4. The highest BCUT2D eigenvalue weighted by molar-refractivity contribution is 5.92. The standard InChI is InChI=1S/C24H19N5O2.C23H19N5.C23H23N3O3/c30-24(31)20-9-8-17(12-23(20)28-11-10-25-15-28)14-26-18-4-3-5-19(13-18)29-16-27-21-6-1-2-7-22(21)29;1-2-10-23-22(9-1)26-17-28(23)21-8-4-6-19(14-21)25-15-18-5-3-7-20(13-18)27-12-11-24-16-27;1-27-21-11-16(12-22(28-2)23(21)29-3)14-24-17-7-6-8-18(13-17)26-15-25-19-9-4-5-10-20(19)26/h1-13,15-16,26H,14H2,(H,30,31);1-14,16-17,25H,15H2;4-13,15,24H,14H2,1-3H3. The summed E-state index contributed by atoms with van der Waals surface area (Å²) in [7, 11) is 4.84. The van der Waals surface area contributed by atoms with Crippen molar-refractivity contribution in [2.75, 3.05) is 37.3 Å². The van der Waals surface area contributed by atoms with E-state index in [1.165, 1.54) is 5.56 Å². The molecule has 0 bridgehead atoms. The predicted octanol–water partition coefficient (Wildman–Crippen LogP) is 14.0. The van der Waals surface area contributed by atoms with E-state index in [9.17, 15) is 9.90 Å². The molecule has 88 heavy (non-hydrogen) atoms. The van der Waals surface area contributed by atoms with Crippen molar-refractivity contribution in [2.45, 2.75) is 19.6 Å². The van der Waals surface area contributed by atoms with Crippen LogP contribution in [0.3, 0.4) is 0 Å². The number of nitrogens with zero attached hydrogens (tertiary/aromatic N) is 10. The van der Waals surface area contributed by atoms with Gasteiger partial charge in [0, 0.05) is 84.2 Å². The van der Waals surface area contributed by atoms with Crippen LogP contribution in [0.1, 0.15) is 27.0 Å². The monoisotopic (exact) mass is 1160 g/mol. The first-order chi connectivity index (χ1) is 43.3. The van der Waals surface area contributed by atoms with Crippen LogP contribution in [0.2, 0.25) is 0 Å². The molecular weight excluding hydrogens is 1100 g/mol. The lowest BCUT2D eigenvalue weighted by atomic mass is 10.1. The number of anilines is 3. The number of nitrogens with one attached hydrogen (secondary N) is 3. The zero-order valence-electron chi connectivity index (χ0n) is 48.4. The highest BCUT2D eigenvalue weighted by Crippen LogP contribution is 2.38. The van der Waals surface area contributed by atoms with E-state index in [0.29, 0.717) is 36.0 Å².